The van der Waals surface area contributed by atoms with Crippen LogP contribution in [0.25, 0.3) is 0 Å². The van der Waals surface area contributed by atoms with Crippen molar-refractivity contribution in [2.75, 3.05) is 28.2 Å². The van der Waals surface area contributed by atoms with Crippen LogP contribution in [-0.4, -0.2) is 49.0 Å². The molecule has 15 heteroatoms. The molecular formula is C32H30ClN5O6S3. The lowest BCUT2D eigenvalue weighted by atomic mass is 9.83. The van der Waals surface area contributed by atoms with E-state index in [-0.39, 0.29) is 17.3 Å². The summed E-state index contributed by atoms with van der Waals surface area (Å²) in [7, 11) is -3.90. The van der Waals surface area contributed by atoms with Crippen LogP contribution in [0.2, 0.25) is 5.02 Å². The predicted octanol–water partition coefficient (Wildman–Crippen LogP) is 4.49. The smallest absolute Gasteiger partial charge is 0.308 e. The van der Waals surface area contributed by atoms with Gasteiger partial charge in [0.05, 0.1) is 21.5 Å². The van der Waals surface area contributed by atoms with Crippen LogP contribution in [0.5, 0.6) is 0 Å². The van der Waals surface area contributed by atoms with E-state index in [1.54, 1.807) is 24.3 Å². The van der Waals surface area contributed by atoms with Crippen molar-refractivity contribution in [1.82, 2.24) is 4.57 Å². The van der Waals surface area contributed by atoms with Crippen molar-refractivity contribution in [1.29, 1.82) is 0 Å². The first-order chi connectivity index (χ1) is 22.4. The van der Waals surface area contributed by atoms with Crippen LogP contribution in [0.3, 0.4) is 0 Å². The summed E-state index contributed by atoms with van der Waals surface area (Å²) in [5.41, 5.74) is 2.51. The predicted molar refractivity (Wildman–Crippen MR) is 184 cm³/mol. The number of nitrogens with two attached hydrogens (primary N) is 1. The maximum atomic E-state index is 14.1. The number of carbonyl (C=O) groups is 3. The van der Waals surface area contributed by atoms with E-state index in [1.165, 1.54) is 33.7 Å². The first-order valence-electron chi connectivity index (χ1n) is 14.7. The molecule has 1 aromatic heterocycles. The first-order valence-corrected chi connectivity index (χ1v) is 18.3. The molecule has 1 saturated heterocycles. The van der Waals surface area contributed by atoms with Gasteiger partial charge in [-0.2, -0.15) is 0 Å². The molecule has 3 heterocycles. The van der Waals surface area contributed by atoms with Crippen molar-refractivity contribution < 1.29 is 22.8 Å². The number of carbonyl (C=O) groups excluding carboxylic acids is 3. The number of aromatic nitrogens is 1. The molecule has 3 amide bonds. The van der Waals surface area contributed by atoms with E-state index in [0.717, 1.165) is 47.4 Å². The number of benzene rings is 3. The Bertz CT molecular complexity index is 2020. The Morgan fingerprint density at radius 3 is 2.17 bits per heavy atom. The standard InChI is InChI=1S/C32H30ClN5O6S3/c1-3-36(4-2)21-11-5-18(6-12-21)25-26-27(30(41)38(29(26)40)22-13-7-19(33)8-14-22)45-31-28(25)46-32(42)37(31)17-24(39)35-20-9-15-23(16-10-20)47(34,43)44/h5-16,25-27H,3-4,17H2,1-2H3,(H,35,39)(H2,34,43,44). The molecule has 244 valence electrons. The number of thiazole rings is 1. The Balaban J connectivity index is 1.38. The second-order valence-corrected chi connectivity index (χ2v) is 15.2. The van der Waals surface area contributed by atoms with Gasteiger partial charge in [-0.25, -0.2) is 18.5 Å². The SMILES string of the molecule is CCN(CC)c1ccc(C2c3sc(=O)n(CC(=O)Nc4ccc(S(N)(=O)=O)cc4)c3SC3C(=O)N(c4ccc(Cl)cc4)C(=O)C32)cc1. The third-order valence-electron chi connectivity index (χ3n) is 8.28. The highest BCUT2D eigenvalue weighted by molar-refractivity contribution is 8.00. The highest BCUT2D eigenvalue weighted by atomic mass is 35.5. The Labute approximate surface area is 284 Å². The van der Waals surface area contributed by atoms with Crippen molar-refractivity contribution in [3.8, 4) is 0 Å². The van der Waals surface area contributed by atoms with Crippen LogP contribution in [-0.2, 0) is 31.0 Å². The average molecular weight is 712 g/mol. The topological polar surface area (TPSA) is 152 Å². The maximum absolute atomic E-state index is 14.1. The van der Waals surface area contributed by atoms with E-state index in [9.17, 15) is 27.6 Å². The van der Waals surface area contributed by atoms with E-state index in [4.69, 9.17) is 16.7 Å². The number of thioether (sulfide) groups is 1. The Hall–Kier alpha value is -3.95. The zero-order valence-corrected chi connectivity index (χ0v) is 28.5. The molecule has 3 unspecified atom stereocenters. The van der Waals surface area contributed by atoms with E-state index in [0.29, 0.717) is 26.3 Å². The molecular weight excluding hydrogens is 682 g/mol. The molecule has 6 rings (SSSR count). The fraction of sp³-hybridized carbons (Fsp3) is 0.250. The second-order valence-electron chi connectivity index (χ2n) is 11.0. The minimum absolute atomic E-state index is 0.107. The van der Waals surface area contributed by atoms with Gasteiger partial charge in [-0.15, -0.1) is 0 Å². The van der Waals surface area contributed by atoms with Crippen LogP contribution < -0.4 is 25.1 Å². The van der Waals surface area contributed by atoms with Crippen molar-refractivity contribution in [3.05, 3.63) is 97.9 Å². The maximum Gasteiger partial charge on any atom is 0.308 e. The number of imide groups is 1. The summed E-state index contributed by atoms with van der Waals surface area (Å²) in [6.45, 7) is 5.41. The summed E-state index contributed by atoms with van der Waals surface area (Å²) in [5.74, 6) is -2.70. The Kier molecular flexibility index (Phi) is 9.06. The number of sulfonamides is 1. The molecule has 3 atom stereocenters. The first kappa shape index (κ1) is 33.0. The van der Waals surface area contributed by atoms with Gasteiger partial charge in [0.2, 0.25) is 27.7 Å². The van der Waals surface area contributed by atoms with Crippen LogP contribution in [0.15, 0.2) is 87.5 Å². The largest absolute Gasteiger partial charge is 0.372 e. The molecule has 3 aromatic carbocycles. The number of nitrogens with one attached hydrogen (secondary N) is 1. The number of amides is 3. The fourth-order valence-electron chi connectivity index (χ4n) is 6.01. The quantitative estimate of drug-likeness (QED) is 0.241. The molecule has 47 heavy (non-hydrogen) atoms. The van der Waals surface area contributed by atoms with Gasteiger partial charge in [0.1, 0.15) is 11.8 Å². The summed E-state index contributed by atoms with van der Waals surface area (Å²) < 4.78 is 24.5. The van der Waals surface area contributed by atoms with E-state index < -0.39 is 43.8 Å². The van der Waals surface area contributed by atoms with Crippen molar-refractivity contribution in [2.24, 2.45) is 11.1 Å². The Morgan fingerprint density at radius 2 is 1.57 bits per heavy atom. The minimum Gasteiger partial charge on any atom is -0.372 e. The number of hydrogen-bond donors (Lipinski definition) is 2. The molecule has 3 N–H and O–H groups in total. The van der Waals surface area contributed by atoms with E-state index >= 15 is 0 Å². The van der Waals surface area contributed by atoms with E-state index in [1.807, 2.05) is 24.3 Å². The molecule has 0 spiro atoms. The zero-order chi connectivity index (χ0) is 33.6. The van der Waals surface area contributed by atoms with Crippen LogP contribution >= 0.6 is 34.7 Å². The monoisotopic (exact) mass is 711 g/mol. The third-order valence-corrected chi connectivity index (χ3v) is 12.1. The lowest BCUT2D eigenvalue weighted by molar-refractivity contribution is -0.122. The van der Waals surface area contributed by atoms with E-state index in [2.05, 4.69) is 24.1 Å². The van der Waals surface area contributed by atoms with Gasteiger partial charge in [-0.1, -0.05) is 46.8 Å². The molecule has 2 aliphatic rings. The summed E-state index contributed by atoms with van der Waals surface area (Å²) in [5, 5.41) is 7.92. The van der Waals surface area contributed by atoms with Crippen molar-refractivity contribution in [3.63, 3.8) is 0 Å². The van der Waals surface area contributed by atoms with Crippen LogP contribution in [0.1, 0.15) is 30.2 Å². The van der Waals surface area contributed by atoms with Gasteiger partial charge < -0.3 is 10.2 Å². The molecule has 0 radical (unpaired) electrons. The summed E-state index contributed by atoms with van der Waals surface area (Å²) >= 11 is 8.16. The van der Waals surface area contributed by atoms with Gasteiger partial charge in [0.15, 0.2) is 0 Å². The molecule has 0 saturated carbocycles. The molecule has 11 nitrogen and oxygen atoms in total. The summed E-state index contributed by atoms with van der Waals surface area (Å²) in [6.07, 6.45) is 0. The number of hydrogen-bond acceptors (Lipinski definition) is 9. The molecule has 0 aliphatic carbocycles. The van der Waals surface area contributed by atoms with Gasteiger partial charge in [0, 0.05) is 40.3 Å². The van der Waals surface area contributed by atoms with Crippen molar-refractivity contribution in [2.45, 2.75) is 41.5 Å². The Morgan fingerprint density at radius 1 is 0.936 bits per heavy atom. The van der Waals surface area contributed by atoms with Crippen LogP contribution in [0, 0.1) is 5.92 Å². The minimum atomic E-state index is -3.90. The molecule has 4 aromatic rings. The van der Waals surface area contributed by atoms with Gasteiger partial charge in [0.25, 0.3) is 0 Å². The molecule has 1 fully saturated rings. The summed E-state index contributed by atoms with van der Waals surface area (Å²) in [4.78, 5) is 58.2. The average Bonchev–Trinajstić information content (AvgIpc) is 3.48. The lowest BCUT2D eigenvalue weighted by Crippen LogP contribution is -2.33. The number of fused-ring (bicyclic) bond motifs is 2. The second kappa shape index (κ2) is 12.9. The molecule has 0 bridgehead atoms. The zero-order valence-electron chi connectivity index (χ0n) is 25.3. The lowest BCUT2D eigenvalue weighted by Gasteiger charge is -2.31. The number of primary sulfonamides is 1. The fourth-order valence-corrected chi connectivity index (χ4v) is 9.43. The number of nitrogens with zero attached hydrogens (tertiary/aromatic N) is 3. The van der Waals surface area contributed by atoms with Crippen LogP contribution in [0.4, 0.5) is 17.1 Å². The summed E-state index contributed by atoms with van der Waals surface area (Å²) in [6, 6.07) is 19.6. The molecule has 2 aliphatic heterocycles. The van der Waals surface area contributed by atoms with Gasteiger partial charge in [-0.3, -0.25) is 23.7 Å². The highest BCUT2D eigenvalue weighted by Gasteiger charge is 2.56. The van der Waals surface area contributed by atoms with Gasteiger partial charge in [-0.05, 0) is 80.1 Å². The third kappa shape index (κ3) is 6.23. The normalized spacial score (nSPS) is 19.0. The number of halogens is 1. The highest BCUT2D eigenvalue weighted by Crippen LogP contribution is 2.54. The van der Waals surface area contributed by atoms with Crippen molar-refractivity contribution >= 4 is 79.5 Å². The number of anilines is 3. The number of rotatable bonds is 9. The van der Waals surface area contributed by atoms with Gasteiger partial charge >= 0.3 is 4.87 Å².